The lowest BCUT2D eigenvalue weighted by Crippen LogP contribution is -2.13. The van der Waals surface area contributed by atoms with Crippen LogP contribution in [0.2, 0.25) is 0 Å². The summed E-state index contributed by atoms with van der Waals surface area (Å²) < 4.78 is 18.7. The molecular weight excluding hydrogens is 343 g/mol. The van der Waals surface area contributed by atoms with E-state index in [1.807, 2.05) is 12.1 Å². The molecule has 0 saturated carbocycles. The van der Waals surface area contributed by atoms with Gasteiger partial charge in [0.05, 0.1) is 11.7 Å². The summed E-state index contributed by atoms with van der Waals surface area (Å²) in [6.45, 7) is 0.00820. The Morgan fingerprint density at radius 2 is 1.96 bits per heavy atom. The molecule has 0 spiro atoms. The largest absolute Gasteiger partial charge is 0.491 e. The summed E-state index contributed by atoms with van der Waals surface area (Å²) in [6.07, 6.45) is -0.385. The number of aliphatic hydroxyl groups excluding tert-OH is 1. The van der Waals surface area contributed by atoms with Crippen molar-refractivity contribution in [1.29, 1.82) is 0 Å². The Hall–Kier alpha value is -2.18. The number of Topliss-reactive ketones (excluding diaryl/α,β-unsaturated/α-hetero) is 1. The summed E-state index contributed by atoms with van der Waals surface area (Å²) in [5.41, 5.74) is 1.40. The summed E-state index contributed by atoms with van der Waals surface area (Å²) in [5.74, 6) is 0.146. The molecular formula is C19H17FO4S. The molecule has 6 heteroatoms. The SMILES string of the molecule is O=C1CC(=O)C(Cc2ccc(OC[C@@H](O)c3cccc(F)c3)cc2)S1. The van der Waals surface area contributed by atoms with Crippen LogP contribution in [0.15, 0.2) is 48.5 Å². The van der Waals surface area contributed by atoms with Crippen LogP contribution in [0.1, 0.15) is 23.7 Å². The number of ether oxygens (including phenoxy) is 1. The van der Waals surface area contributed by atoms with Crippen LogP contribution in [-0.4, -0.2) is 27.9 Å². The summed E-state index contributed by atoms with van der Waals surface area (Å²) in [5, 5.41) is 9.68. The zero-order valence-electron chi connectivity index (χ0n) is 13.4. The minimum atomic E-state index is -0.922. The first-order chi connectivity index (χ1) is 12.0. The highest BCUT2D eigenvalue weighted by atomic mass is 32.2. The van der Waals surface area contributed by atoms with Crippen LogP contribution < -0.4 is 4.74 Å². The molecule has 0 aliphatic carbocycles. The van der Waals surface area contributed by atoms with Gasteiger partial charge in [-0.3, -0.25) is 9.59 Å². The number of hydrogen-bond acceptors (Lipinski definition) is 5. The second-order valence-electron chi connectivity index (χ2n) is 5.85. The molecule has 1 aliphatic heterocycles. The smallest absolute Gasteiger partial charge is 0.197 e. The van der Waals surface area contributed by atoms with Gasteiger partial charge in [0.15, 0.2) is 10.9 Å². The van der Waals surface area contributed by atoms with Gasteiger partial charge in [-0.1, -0.05) is 36.0 Å². The first-order valence-electron chi connectivity index (χ1n) is 7.89. The van der Waals surface area contributed by atoms with Crippen molar-refractivity contribution in [3.8, 4) is 5.75 Å². The van der Waals surface area contributed by atoms with Crippen LogP contribution in [0.5, 0.6) is 5.75 Å². The van der Waals surface area contributed by atoms with E-state index in [4.69, 9.17) is 4.74 Å². The molecule has 2 atom stereocenters. The van der Waals surface area contributed by atoms with Crippen molar-refractivity contribution in [3.05, 3.63) is 65.5 Å². The van der Waals surface area contributed by atoms with Crippen molar-refractivity contribution in [3.63, 3.8) is 0 Å². The number of carbonyl (C=O) groups excluding carboxylic acids is 2. The molecule has 130 valence electrons. The van der Waals surface area contributed by atoms with Gasteiger partial charge in [0, 0.05) is 0 Å². The van der Waals surface area contributed by atoms with Gasteiger partial charge in [0.25, 0.3) is 0 Å². The maximum atomic E-state index is 13.2. The highest BCUT2D eigenvalue weighted by Crippen LogP contribution is 2.28. The number of thioether (sulfide) groups is 1. The van der Waals surface area contributed by atoms with Gasteiger partial charge in [-0.2, -0.15) is 0 Å². The summed E-state index contributed by atoms with van der Waals surface area (Å²) in [6, 6.07) is 12.9. The Labute approximate surface area is 149 Å². The fraction of sp³-hybridized carbons (Fsp3) is 0.263. The van der Waals surface area contributed by atoms with Crippen molar-refractivity contribution < 1.29 is 23.8 Å². The van der Waals surface area contributed by atoms with Gasteiger partial charge < -0.3 is 9.84 Å². The van der Waals surface area contributed by atoms with Crippen molar-refractivity contribution in [2.45, 2.75) is 24.2 Å². The predicted molar refractivity (Wildman–Crippen MR) is 93.0 cm³/mol. The van der Waals surface area contributed by atoms with E-state index in [-0.39, 0.29) is 29.2 Å². The number of benzene rings is 2. The normalized spacial score (nSPS) is 18.4. The van der Waals surface area contributed by atoms with E-state index in [1.165, 1.54) is 18.2 Å². The molecule has 1 saturated heterocycles. The first-order valence-corrected chi connectivity index (χ1v) is 8.76. The molecule has 3 rings (SSSR count). The van der Waals surface area contributed by atoms with Crippen LogP contribution >= 0.6 is 11.8 Å². The van der Waals surface area contributed by atoms with E-state index in [9.17, 15) is 19.1 Å². The molecule has 1 fully saturated rings. The molecule has 1 unspecified atom stereocenters. The lowest BCUT2D eigenvalue weighted by atomic mass is 10.1. The Bertz CT molecular complexity index is 775. The molecule has 1 heterocycles. The molecule has 1 N–H and O–H groups in total. The number of ketones is 1. The summed E-state index contributed by atoms with van der Waals surface area (Å²) >= 11 is 1.10. The van der Waals surface area contributed by atoms with Crippen molar-refractivity contribution in [1.82, 2.24) is 0 Å². The average Bonchev–Trinajstić information content (AvgIpc) is 2.91. The first kappa shape index (κ1) is 17.6. The Kier molecular flexibility index (Phi) is 5.50. The predicted octanol–water partition coefficient (Wildman–Crippen LogP) is 3.08. The fourth-order valence-electron chi connectivity index (χ4n) is 2.60. The van der Waals surface area contributed by atoms with Crippen molar-refractivity contribution in [2.75, 3.05) is 6.61 Å². The highest BCUT2D eigenvalue weighted by molar-refractivity contribution is 8.15. The standard InChI is InChI=1S/C19H17FO4S/c20-14-3-1-2-13(9-14)17(22)11-24-15-6-4-12(5-7-15)8-18-16(21)10-19(23)25-18/h1-7,9,17-18,22H,8,10-11H2/t17-,18?/m1/s1. The van der Waals surface area contributed by atoms with Gasteiger partial charge >= 0.3 is 0 Å². The molecule has 0 bridgehead atoms. The molecule has 0 aromatic heterocycles. The lowest BCUT2D eigenvalue weighted by molar-refractivity contribution is -0.121. The van der Waals surface area contributed by atoms with Crippen molar-refractivity contribution >= 4 is 22.7 Å². The van der Waals surface area contributed by atoms with Crippen LogP contribution in [-0.2, 0) is 16.0 Å². The molecule has 4 nitrogen and oxygen atoms in total. The molecule has 0 amide bonds. The minimum Gasteiger partial charge on any atom is -0.491 e. The number of carbonyl (C=O) groups is 2. The molecule has 0 radical (unpaired) electrons. The van der Waals surface area contributed by atoms with Gasteiger partial charge in [0.1, 0.15) is 24.3 Å². The quantitative estimate of drug-likeness (QED) is 0.802. The molecule has 1 aliphatic rings. The fourth-order valence-corrected chi connectivity index (χ4v) is 3.63. The second-order valence-corrected chi connectivity index (χ2v) is 7.11. The Morgan fingerprint density at radius 1 is 1.20 bits per heavy atom. The third-order valence-corrected chi connectivity index (χ3v) is 5.06. The highest BCUT2D eigenvalue weighted by Gasteiger charge is 2.31. The van der Waals surface area contributed by atoms with Gasteiger partial charge in [0.2, 0.25) is 0 Å². The van der Waals surface area contributed by atoms with Gasteiger partial charge in [-0.25, -0.2) is 4.39 Å². The number of aliphatic hydroxyl groups is 1. The van der Waals surface area contributed by atoms with Crippen LogP contribution in [0, 0.1) is 5.82 Å². The molecule has 25 heavy (non-hydrogen) atoms. The van der Waals surface area contributed by atoms with E-state index in [2.05, 4.69) is 0 Å². The number of rotatable bonds is 6. The maximum Gasteiger partial charge on any atom is 0.197 e. The maximum absolute atomic E-state index is 13.2. The van der Waals surface area contributed by atoms with E-state index in [0.717, 1.165) is 17.3 Å². The van der Waals surface area contributed by atoms with Gasteiger partial charge in [-0.05, 0) is 41.8 Å². The van der Waals surface area contributed by atoms with Crippen molar-refractivity contribution in [2.24, 2.45) is 0 Å². The topological polar surface area (TPSA) is 63.6 Å². The Morgan fingerprint density at radius 3 is 2.60 bits per heavy atom. The van der Waals surface area contributed by atoms with E-state index in [1.54, 1.807) is 18.2 Å². The van der Waals surface area contributed by atoms with E-state index >= 15 is 0 Å². The average molecular weight is 360 g/mol. The third-order valence-electron chi connectivity index (χ3n) is 3.94. The molecule has 2 aromatic carbocycles. The van der Waals surface area contributed by atoms with Gasteiger partial charge in [-0.15, -0.1) is 0 Å². The monoisotopic (exact) mass is 360 g/mol. The summed E-state index contributed by atoms with van der Waals surface area (Å²) in [7, 11) is 0. The summed E-state index contributed by atoms with van der Waals surface area (Å²) in [4.78, 5) is 22.9. The van der Waals surface area contributed by atoms with E-state index < -0.39 is 11.9 Å². The van der Waals surface area contributed by atoms with E-state index in [0.29, 0.717) is 17.7 Å². The second kappa shape index (κ2) is 7.80. The van der Waals surface area contributed by atoms with Crippen LogP contribution in [0.4, 0.5) is 4.39 Å². The number of hydrogen-bond donors (Lipinski definition) is 1. The van der Waals surface area contributed by atoms with Crippen LogP contribution in [0.3, 0.4) is 0 Å². The third kappa shape index (κ3) is 4.67. The lowest BCUT2D eigenvalue weighted by Gasteiger charge is -2.13. The zero-order chi connectivity index (χ0) is 17.8. The molecule has 2 aromatic rings. The zero-order valence-corrected chi connectivity index (χ0v) is 14.2. The Balaban J connectivity index is 1.54. The number of halogens is 1. The van der Waals surface area contributed by atoms with Crippen LogP contribution in [0.25, 0.3) is 0 Å². The minimum absolute atomic E-state index is 0.00820.